The molecule has 1 aromatic carbocycles. The van der Waals surface area contributed by atoms with Gasteiger partial charge < -0.3 is 14.6 Å². The van der Waals surface area contributed by atoms with E-state index < -0.39 is 5.91 Å². The number of rotatable bonds is 7. The summed E-state index contributed by atoms with van der Waals surface area (Å²) in [6, 6.07) is 7.19. The number of para-hydroxylation sites is 1. The molecule has 0 atom stereocenters. The molecule has 0 aliphatic carbocycles. The monoisotopic (exact) mass is 293 g/mol. The molecule has 2 rings (SSSR count). The zero-order valence-electron chi connectivity index (χ0n) is 11.6. The summed E-state index contributed by atoms with van der Waals surface area (Å²) in [5.41, 5.74) is 3.10. The summed E-state index contributed by atoms with van der Waals surface area (Å²) in [4.78, 5) is 13.8. The summed E-state index contributed by atoms with van der Waals surface area (Å²) >= 11 is 0. The van der Waals surface area contributed by atoms with E-state index in [1.54, 1.807) is 17.0 Å². The number of aliphatic hydroxyl groups excluding tert-OH is 2. The van der Waals surface area contributed by atoms with Gasteiger partial charge in [-0.2, -0.15) is 0 Å². The van der Waals surface area contributed by atoms with Crippen molar-refractivity contribution >= 4 is 16.9 Å². The third kappa shape index (κ3) is 3.40. The van der Waals surface area contributed by atoms with Crippen molar-refractivity contribution in [1.82, 2.24) is 10.3 Å². The number of carbonyl (C=O) groups excluding carboxylic acids is 1. The number of hydrogen-bond donors (Lipinski definition) is 4. The Morgan fingerprint density at radius 3 is 2.52 bits per heavy atom. The van der Waals surface area contributed by atoms with Crippen molar-refractivity contribution in [2.75, 3.05) is 26.3 Å². The van der Waals surface area contributed by atoms with Gasteiger partial charge in [-0.05, 0) is 6.07 Å². The van der Waals surface area contributed by atoms with Crippen LogP contribution in [0.3, 0.4) is 0 Å². The summed E-state index contributed by atoms with van der Waals surface area (Å²) in [5, 5.41) is 18.8. The first-order valence-corrected chi connectivity index (χ1v) is 6.66. The van der Waals surface area contributed by atoms with Crippen LogP contribution in [0, 0.1) is 0 Å². The Bertz CT molecular complexity index is 605. The summed E-state index contributed by atoms with van der Waals surface area (Å²) in [6.45, 7) is 0.971. The van der Waals surface area contributed by atoms with Crippen LogP contribution < -0.4 is 11.3 Å². The second-order valence-electron chi connectivity index (χ2n) is 4.59. The van der Waals surface area contributed by atoms with E-state index >= 15 is 0 Å². The molecule has 0 fully saturated rings. The Balaban J connectivity index is 2.39. The van der Waals surface area contributed by atoms with E-state index in [9.17, 15) is 4.79 Å². The molecule has 7 heteroatoms. The van der Waals surface area contributed by atoms with Crippen LogP contribution in [0.25, 0.3) is 11.0 Å². The molecule has 0 spiro atoms. The second kappa shape index (κ2) is 7.19. The molecule has 0 aliphatic rings. The number of nitrogens with zero attached hydrogens (tertiary/aromatic N) is 1. The maximum Gasteiger partial charge on any atom is 0.269 e. The fourth-order valence-corrected chi connectivity index (χ4v) is 2.28. The van der Waals surface area contributed by atoms with E-state index in [4.69, 9.17) is 20.5 Å². The number of carbonyl (C=O) groups is 1. The summed E-state index contributed by atoms with van der Waals surface area (Å²) < 4.78 is 5.72. The number of benzene rings is 1. The van der Waals surface area contributed by atoms with Crippen LogP contribution in [-0.4, -0.2) is 47.3 Å². The van der Waals surface area contributed by atoms with Crippen LogP contribution >= 0.6 is 0 Å². The molecule has 1 aromatic heterocycles. The molecule has 1 heterocycles. The van der Waals surface area contributed by atoms with Crippen LogP contribution in [0.15, 0.2) is 28.7 Å². The Morgan fingerprint density at radius 1 is 1.24 bits per heavy atom. The molecule has 21 heavy (non-hydrogen) atoms. The zero-order valence-corrected chi connectivity index (χ0v) is 11.6. The largest absolute Gasteiger partial charge is 0.459 e. The highest BCUT2D eigenvalue weighted by Crippen LogP contribution is 2.26. The zero-order chi connectivity index (χ0) is 15.2. The standard InChI is InChI=1S/C14H19N3O4/c15-16-14(20)13-10-3-1-2-4-11(10)21-12(13)9-17(5-7-18)6-8-19/h1-4,18-19H,5-9,15H2,(H,16,20). The van der Waals surface area contributed by atoms with Gasteiger partial charge in [-0.1, -0.05) is 18.2 Å². The summed E-state index contributed by atoms with van der Waals surface area (Å²) in [7, 11) is 0. The SMILES string of the molecule is NNC(=O)c1c(CN(CCO)CCO)oc2ccccc12. The smallest absolute Gasteiger partial charge is 0.269 e. The number of aliphatic hydroxyl groups is 2. The van der Waals surface area contributed by atoms with E-state index in [0.29, 0.717) is 41.9 Å². The van der Waals surface area contributed by atoms with Crippen molar-refractivity contribution in [3.63, 3.8) is 0 Å². The topological polar surface area (TPSA) is 112 Å². The van der Waals surface area contributed by atoms with Crippen LogP contribution in [0.5, 0.6) is 0 Å². The van der Waals surface area contributed by atoms with Gasteiger partial charge in [0, 0.05) is 18.5 Å². The minimum atomic E-state index is -0.428. The first kappa shape index (κ1) is 15.5. The van der Waals surface area contributed by atoms with E-state index in [0.717, 1.165) is 0 Å². The third-order valence-electron chi connectivity index (χ3n) is 3.23. The third-order valence-corrected chi connectivity index (χ3v) is 3.23. The van der Waals surface area contributed by atoms with E-state index in [1.165, 1.54) is 0 Å². The molecule has 0 bridgehead atoms. The maximum absolute atomic E-state index is 12.0. The van der Waals surface area contributed by atoms with Gasteiger partial charge in [-0.3, -0.25) is 15.1 Å². The lowest BCUT2D eigenvalue weighted by atomic mass is 10.1. The molecule has 114 valence electrons. The quantitative estimate of drug-likeness (QED) is 0.320. The fourth-order valence-electron chi connectivity index (χ4n) is 2.28. The van der Waals surface area contributed by atoms with Gasteiger partial charge >= 0.3 is 0 Å². The van der Waals surface area contributed by atoms with Crippen LogP contribution in [0.2, 0.25) is 0 Å². The highest BCUT2D eigenvalue weighted by Gasteiger charge is 2.21. The number of hydrogen-bond acceptors (Lipinski definition) is 6. The number of nitrogens with two attached hydrogens (primary N) is 1. The molecular weight excluding hydrogens is 274 g/mol. The van der Waals surface area contributed by atoms with Crippen molar-refractivity contribution in [3.05, 3.63) is 35.6 Å². The molecule has 0 radical (unpaired) electrons. The van der Waals surface area contributed by atoms with Gasteiger partial charge in [0.05, 0.1) is 25.3 Å². The lowest BCUT2D eigenvalue weighted by Gasteiger charge is -2.19. The molecular formula is C14H19N3O4. The summed E-state index contributed by atoms with van der Waals surface area (Å²) in [6.07, 6.45) is 0. The van der Waals surface area contributed by atoms with Gasteiger partial charge in [-0.15, -0.1) is 0 Å². The van der Waals surface area contributed by atoms with Crippen molar-refractivity contribution in [2.24, 2.45) is 5.84 Å². The minimum Gasteiger partial charge on any atom is -0.459 e. The lowest BCUT2D eigenvalue weighted by molar-refractivity contribution is 0.0950. The first-order chi connectivity index (χ1) is 10.2. The Kier molecular flexibility index (Phi) is 5.29. The van der Waals surface area contributed by atoms with E-state index in [-0.39, 0.29) is 13.2 Å². The van der Waals surface area contributed by atoms with Gasteiger partial charge in [0.25, 0.3) is 5.91 Å². The molecule has 0 aliphatic heterocycles. The van der Waals surface area contributed by atoms with E-state index in [2.05, 4.69) is 5.43 Å². The molecule has 0 saturated heterocycles. The molecule has 0 saturated carbocycles. The number of furan rings is 1. The summed E-state index contributed by atoms with van der Waals surface area (Å²) in [5.74, 6) is 5.27. The Hall–Kier alpha value is -1.93. The average Bonchev–Trinajstić information content (AvgIpc) is 2.85. The van der Waals surface area contributed by atoms with Gasteiger partial charge in [0.1, 0.15) is 11.3 Å². The van der Waals surface area contributed by atoms with Gasteiger partial charge in [0.15, 0.2) is 0 Å². The van der Waals surface area contributed by atoms with Crippen molar-refractivity contribution < 1.29 is 19.4 Å². The number of hydrazine groups is 1. The highest BCUT2D eigenvalue weighted by atomic mass is 16.3. The molecule has 2 aromatic rings. The molecule has 1 amide bonds. The minimum absolute atomic E-state index is 0.0430. The number of amides is 1. The first-order valence-electron chi connectivity index (χ1n) is 6.66. The predicted molar refractivity (Wildman–Crippen MR) is 77.3 cm³/mol. The fraction of sp³-hybridized carbons (Fsp3) is 0.357. The number of nitrogens with one attached hydrogen (secondary N) is 1. The molecule has 7 nitrogen and oxygen atoms in total. The van der Waals surface area contributed by atoms with E-state index in [1.807, 2.05) is 12.1 Å². The average molecular weight is 293 g/mol. The predicted octanol–water partition coefficient (Wildman–Crippen LogP) is -0.177. The van der Waals surface area contributed by atoms with Gasteiger partial charge in [0.2, 0.25) is 0 Å². The normalized spacial score (nSPS) is 11.2. The Labute approximate surface area is 121 Å². The maximum atomic E-state index is 12.0. The second-order valence-corrected chi connectivity index (χ2v) is 4.59. The number of fused-ring (bicyclic) bond motifs is 1. The van der Waals surface area contributed by atoms with Crippen molar-refractivity contribution in [3.8, 4) is 0 Å². The van der Waals surface area contributed by atoms with Crippen LogP contribution in [0.4, 0.5) is 0 Å². The van der Waals surface area contributed by atoms with Gasteiger partial charge in [-0.25, -0.2) is 5.84 Å². The van der Waals surface area contributed by atoms with Crippen molar-refractivity contribution in [2.45, 2.75) is 6.54 Å². The van der Waals surface area contributed by atoms with Crippen molar-refractivity contribution in [1.29, 1.82) is 0 Å². The Morgan fingerprint density at radius 2 is 1.90 bits per heavy atom. The molecule has 0 unspecified atom stereocenters. The molecule has 5 N–H and O–H groups in total. The van der Waals surface area contributed by atoms with Crippen LogP contribution in [0.1, 0.15) is 16.1 Å². The van der Waals surface area contributed by atoms with Crippen LogP contribution in [-0.2, 0) is 6.54 Å². The highest BCUT2D eigenvalue weighted by molar-refractivity contribution is 6.07. The lowest BCUT2D eigenvalue weighted by Crippen LogP contribution is -2.33. The number of nitrogen functional groups attached to an aromatic ring is 1.